The van der Waals surface area contributed by atoms with Gasteiger partial charge in [0.1, 0.15) is 5.70 Å². The molecule has 5 nitrogen and oxygen atoms in total. The fourth-order valence-electron chi connectivity index (χ4n) is 1.79. The Morgan fingerprint density at radius 1 is 1.00 bits per heavy atom. The number of hydrogen-bond donors (Lipinski definition) is 3. The van der Waals surface area contributed by atoms with E-state index < -0.39 is 11.8 Å². The maximum atomic E-state index is 12.3. The van der Waals surface area contributed by atoms with E-state index in [2.05, 4.69) is 21.2 Å². The summed E-state index contributed by atoms with van der Waals surface area (Å²) in [5.41, 5.74) is 3.28. The number of benzene rings is 2. The van der Waals surface area contributed by atoms with E-state index in [1.54, 1.807) is 30.3 Å². The van der Waals surface area contributed by atoms with Gasteiger partial charge in [-0.05, 0) is 39.7 Å². The van der Waals surface area contributed by atoms with Crippen molar-refractivity contribution in [3.05, 3.63) is 75.9 Å². The zero-order valence-electron chi connectivity index (χ0n) is 11.5. The average molecular weight is 360 g/mol. The number of nitrogens with one attached hydrogen (secondary N) is 2. The first-order chi connectivity index (χ1) is 10.6. The molecule has 0 aliphatic carbocycles. The molecule has 6 heteroatoms. The van der Waals surface area contributed by atoms with Crippen LogP contribution < -0.4 is 16.6 Å². The van der Waals surface area contributed by atoms with Crippen molar-refractivity contribution >= 4 is 33.8 Å². The van der Waals surface area contributed by atoms with Gasteiger partial charge >= 0.3 is 0 Å². The smallest absolute Gasteiger partial charge is 0.281 e. The SMILES string of the molecule is NNC(=O)C(=Cc1ccccc1)NC(=O)c1ccccc1Br. The molecule has 4 N–H and O–H groups in total. The topological polar surface area (TPSA) is 84.2 Å². The number of hydrogen-bond acceptors (Lipinski definition) is 3. The molecule has 0 saturated carbocycles. The van der Waals surface area contributed by atoms with Crippen LogP contribution in [0.4, 0.5) is 0 Å². The van der Waals surface area contributed by atoms with Crippen LogP contribution in [0.15, 0.2) is 64.8 Å². The van der Waals surface area contributed by atoms with Crippen LogP contribution in [0.25, 0.3) is 6.08 Å². The molecule has 0 spiro atoms. The van der Waals surface area contributed by atoms with Gasteiger partial charge in [0.15, 0.2) is 0 Å². The van der Waals surface area contributed by atoms with Crippen LogP contribution in [-0.2, 0) is 4.79 Å². The lowest BCUT2D eigenvalue weighted by atomic mass is 10.1. The van der Waals surface area contributed by atoms with E-state index >= 15 is 0 Å². The van der Waals surface area contributed by atoms with Crippen molar-refractivity contribution in [2.75, 3.05) is 0 Å². The normalized spacial score (nSPS) is 10.9. The quantitative estimate of drug-likeness (QED) is 0.338. The Bertz CT molecular complexity index is 714. The molecule has 0 heterocycles. The van der Waals surface area contributed by atoms with Gasteiger partial charge in [-0.15, -0.1) is 0 Å². The molecule has 0 atom stereocenters. The van der Waals surface area contributed by atoms with Crippen molar-refractivity contribution < 1.29 is 9.59 Å². The zero-order valence-corrected chi connectivity index (χ0v) is 13.1. The summed E-state index contributed by atoms with van der Waals surface area (Å²) >= 11 is 3.30. The molecule has 0 bridgehead atoms. The number of halogens is 1. The first kappa shape index (κ1) is 15.9. The average Bonchev–Trinajstić information content (AvgIpc) is 2.54. The van der Waals surface area contributed by atoms with Gasteiger partial charge in [-0.2, -0.15) is 0 Å². The second-order valence-electron chi connectivity index (χ2n) is 4.38. The maximum absolute atomic E-state index is 12.3. The summed E-state index contributed by atoms with van der Waals surface area (Å²) in [6.45, 7) is 0. The molecule has 112 valence electrons. The molecular weight excluding hydrogens is 346 g/mol. The number of hydrazine groups is 1. The largest absolute Gasteiger partial charge is 0.317 e. The van der Waals surface area contributed by atoms with Crippen LogP contribution in [0.3, 0.4) is 0 Å². The second kappa shape index (κ2) is 7.53. The van der Waals surface area contributed by atoms with Crippen molar-refractivity contribution in [3.8, 4) is 0 Å². The lowest BCUT2D eigenvalue weighted by Gasteiger charge is -2.10. The molecule has 2 rings (SSSR count). The molecular formula is C16H14BrN3O2. The van der Waals surface area contributed by atoms with Crippen LogP contribution in [0, 0.1) is 0 Å². The van der Waals surface area contributed by atoms with Gasteiger partial charge in [0, 0.05) is 4.47 Å². The Morgan fingerprint density at radius 3 is 2.27 bits per heavy atom. The van der Waals surface area contributed by atoms with Crippen molar-refractivity contribution in [1.82, 2.24) is 10.7 Å². The van der Waals surface area contributed by atoms with Crippen LogP contribution in [-0.4, -0.2) is 11.8 Å². The maximum Gasteiger partial charge on any atom is 0.281 e. The van der Waals surface area contributed by atoms with Crippen LogP contribution in [0.2, 0.25) is 0 Å². The molecule has 22 heavy (non-hydrogen) atoms. The Kier molecular flexibility index (Phi) is 5.46. The lowest BCUT2D eigenvalue weighted by Crippen LogP contribution is -2.38. The molecule has 0 radical (unpaired) electrons. The van der Waals surface area contributed by atoms with Crippen molar-refractivity contribution in [2.24, 2.45) is 5.84 Å². The number of amides is 2. The summed E-state index contributed by atoms with van der Waals surface area (Å²) in [7, 11) is 0. The Labute approximate surface area is 136 Å². The standard InChI is InChI=1S/C16H14BrN3O2/c17-13-9-5-4-8-12(13)15(21)19-14(16(22)20-18)10-11-6-2-1-3-7-11/h1-10H,18H2,(H,19,21)(H,20,22). The van der Waals surface area contributed by atoms with Gasteiger partial charge in [0.2, 0.25) is 0 Å². The first-order valence-corrected chi connectivity index (χ1v) is 7.24. The van der Waals surface area contributed by atoms with Gasteiger partial charge in [0.25, 0.3) is 11.8 Å². The summed E-state index contributed by atoms with van der Waals surface area (Å²) in [6.07, 6.45) is 1.55. The van der Waals surface area contributed by atoms with E-state index in [-0.39, 0.29) is 5.70 Å². The summed E-state index contributed by atoms with van der Waals surface area (Å²) < 4.78 is 0.639. The number of rotatable bonds is 4. The molecule has 0 aromatic heterocycles. The molecule has 0 aliphatic rings. The third-order valence-corrected chi connectivity index (χ3v) is 3.54. The Balaban J connectivity index is 2.28. The van der Waals surface area contributed by atoms with Crippen molar-refractivity contribution in [3.63, 3.8) is 0 Å². The molecule has 0 aliphatic heterocycles. The summed E-state index contributed by atoms with van der Waals surface area (Å²) in [6, 6.07) is 16.1. The third-order valence-electron chi connectivity index (χ3n) is 2.85. The van der Waals surface area contributed by atoms with Gasteiger partial charge in [-0.25, -0.2) is 5.84 Å². The molecule has 0 saturated heterocycles. The fraction of sp³-hybridized carbons (Fsp3) is 0. The molecule has 0 unspecified atom stereocenters. The minimum Gasteiger partial charge on any atom is -0.317 e. The second-order valence-corrected chi connectivity index (χ2v) is 5.23. The highest BCUT2D eigenvalue weighted by Gasteiger charge is 2.15. The van der Waals surface area contributed by atoms with E-state index in [0.29, 0.717) is 10.0 Å². The molecule has 2 aromatic carbocycles. The monoisotopic (exact) mass is 359 g/mol. The minimum absolute atomic E-state index is 0.0643. The molecule has 2 amide bonds. The van der Waals surface area contributed by atoms with E-state index in [1.165, 1.54) is 0 Å². The number of carbonyl (C=O) groups is 2. The van der Waals surface area contributed by atoms with Gasteiger partial charge < -0.3 is 5.32 Å². The van der Waals surface area contributed by atoms with Crippen LogP contribution in [0.5, 0.6) is 0 Å². The lowest BCUT2D eigenvalue weighted by molar-refractivity contribution is -0.117. The number of carbonyl (C=O) groups excluding carboxylic acids is 2. The summed E-state index contributed by atoms with van der Waals surface area (Å²) in [4.78, 5) is 24.1. The zero-order chi connectivity index (χ0) is 15.9. The highest BCUT2D eigenvalue weighted by Crippen LogP contribution is 2.16. The van der Waals surface area contributed by atoms with E-state index in [0.717, 1.165) is 5.56 Å². The number of nitrogens with two attached hydrogens (primary N) is 1. The highest BCUT2D eigenvalue weighted by molar-refractivity contribution is 9.10. The molecule has 2 aromatic rings. The van der Waals surface area contributed by atoms with Gasteiger partial charge in [-0.3, -0.25) is 15.0 Å². The minimum atomic E-state index is -0.579. The van der Waals surface area contributed by atoms with E-state index in [4.69, 9.17) is 5.84 Å². The summed E-state index contributed by atoms with van der Waals surface area (Å²) in [5, 5.41) is 2.57. The van der Waals surface area contributed by atoms with Crippen molar-refractivity contribution in [1.29, 1.82) is 0 Å². The highest BCUT2D eigenvalue weighted by atomic mass is 79.9. The van der Waals surface area contributed by atoms with Gasteiger partial charge in [-0.1, -0.05) is 42.5 Å². The third kappa shape index (κ3) is 4.03. The van der Waals surface area contributed by atoms with Crippen LogP contribution >= 0.6 is 15.9 Å². The first-order valence-electron chi connectivity index (χ1n) is 6.45. The van der Waals surface area contributed by atoms with Crippen molar-refractivity contribution in [2.45, 2.75) is 0 Å². The molecule has 0 fully saturated rings. The predicted octanol–water partition coefficient (Wildman–Crippen LogP) is 2.21. The van der Waals surface area contributed by atoms with E-state index in [9.17, 15) is 9.59 Å². The van der Waals surface area contributed by atoms with Crippen LogP contribution in [0.1, 0.15) is 15.9 Å². The summed E-state index contributed by atoms with van der Waals surface area (Å²) in [5.74, 6) is 4.19. The fourth-order valence-corrected chi connectivity index (χ4v) is 2.25. The Hall–Kier alpha value is -2.44. The van der Waals surface area contributed by atoms with Gasteiger partial charge in [0.05, 0.1) is 5.56 Å². The predicted molar refractivity (Wildman–Crippen MR) is 88.4 cm³/mol. The van der Waals surface area contributed by atoms with E-state index in [1.807, 2.05) is 35.8 Å². The Morgan fingerprint density at radius 2 is 1.64 bits per heavy atom.